The molecule has 4 atom stereocenters. The molecule has 2 heteroatoms. The molecule has 10 heavy (non-hydrogen) atoms. The highest BCUT2D eigenvalue weighted by Gasteiger charge is 2.46. The van der Waals surface area contributed by atoms with E-state index < -0.39 is 0 Å². The van der Waals surface area contributed by atoms with Gasteiger partial charge in [0, 0.05) is 12.1 Å². The molecule has 0 aromatic heterocycles. The maximum absolute atomic E-state index is 5.89. The molecule has 0 spiro atoms. The zero-order chi connectivity index (χ0) is 7.14. The van der Waals surface area contributed by atoms with Crippen LogP contribution < -0.4 is 11.1 Å². The van der Waals surface area contributed by atoms with E-state index >= 15 is 0 Å². The molecule has 58 valence electrons. The molecule has 1 heterocycles. The van der Waals surface area contributed by atoms with Gasteiger partial charge in [-0.15, -0.1) is 0 Å². The van der Waals surface area contributed by atoms with Gasteiger partial charge in [-0.25, -0.2) is 0 Å². The highest BCUT2D eigenvalue weighted by Crippen LogP contribution is 2.40. The van der Waals surface area contributed by atoms with Crippen LogP contribution in [-0.2, 0) is 0 Å². The molecule has 3 N–H and O–H groups in total. The highest BCUT2D eigenvalue weighted by atomic mass is 15.0. The van der Waals surface area contributed by atoms with Crippen LogP contribution in [0.25, 0.3) is 0 Å². The zero-order valence-corrected chi connectivity index (χ0v) is 6.51. The van der Waals surface area contributed by atoms with Crippen molar-refractivity contribution in [3.63, 3.8) is 0 Å². The van der Waals surface area contributed by atoms with E-state index in [0.717, 1.165) is 17.9 Å². The van der Waals surface area contributed by atoms with Crippen molar-refractivity contribution < 1.29 is 0 Å². The molecule has 0 unspecified atom stereocenters. The van der Waals surface area contributed by atoms with E-state index in [1.165, 1.54) is 19.4 Å². The van der Waals surface area contributed by atoms with Crippen molar-refractivity contribution in [2.75, 3.05) is 6.54 Å². The third-order valence-electron chi connectivity index (χ3n) is 3.16. The minimum absolute atomic E-state index is 0.505. The van der Waals surface area contributed by atoms with Crippen LogP contribution in [0.2, 0.25) is 0 Å². The Morgan fingerprint density at radius 3 is 2.90 bits per heavy atom. The fourth-order valence-electron chi connectivity index (χ4n) is 2.52. The van der Waals surface area contributed by atoms with Crippen LogP contribution in [0.5, 0.6) is 0 Å². The Bertz CT molecular complexity index is 135. The Balaban J connectivity index is 2.01. The molecule has 0 aromatic rings. The standard InChI is InChI=1S/C8H16N2/c1-2-7-8-5(4-10-7)3-6(8)9/h5-8,10H,2-4,9H2,1H3/t5-,6-,7+,8+/m1/s1. The Morgan fingerprint density at radius 1 is 1.60 bits per heavy atom. The van der Waals surface area contributed by atoms with Crippen molar-refractivity contribution in [2.45, 2.75) is 31.8 Å². The summed E-state index contributed by atoms with van der Waals surface area (Å²) in [6, 6.07) is 1.23. The first-order valence-corrected chi connectivity index (χ1v) is 4.32. The second-order valence-electron chi connectivity index (χ2n) is 3.66. The second kappa shape index (κ2) is 2.21. The Hall–Kier alpha value is -0.0800. The maximum Gasteiger partial charge on any atom is 0.0111 e. The van der Waals surface area contributed by atoms with Gasteiger partial charge < -0.3 is 11.1 Å². The molecule has 2 fully saturated rings. The second-order valence-corrected chi connectivity index (χ2v) is 3.66. The third kappa shape index (κ3) is 0.722. The molecule has 0 bridgehead atoms. The summed E-state index contributed by atoms with van der Waals surface area (Å²) in [5.74, 6) is 1.73. The van der Waals surface area contributed by atoms with Gasteiger partial charge in [0.15, 0.2) is 0 Å². The summed E-state index contributed by atoms with van der Waals surface area (Å²) in [7, 11) is 0. The van der Waals surface area contributed by atoms with Crippen LogP contribution in [-0.4, -0.2) is 18.6 Å². The molecule has 1 aliphatic heterocycles. The summed E-state index contributed by atoms with van der Waals surface area (Å²) in [6.07, 6.45) is 2.50. The van der Waals surface area contributed by atoms with Crippen LogP contribution in [0, 0.1) is 11.8 Å². The number of nitrogens with two attached hydrogens (primary N) is 1. The summed E-state index contributed by atoms with van der Waals surface area (Å²) < 4.78 is 0. The largest absolute Gasteiger partial charge is 0.327 e. The predicted molar refractivity (Wildman–Crippen MR) is 41.7 cm³/mol. The van der Waals surface area contributed by atoms with Gasteiger partial charge in [0.2, 0.25) is 0 Å². The van der Waals surface area contributed by atoms with Gasteiger partial charge in [0.25, 0.3) is 0 Å². The summed E-state index contributed by atoms with van der Waals surface area (Å²) >= 11 is 0. The van der Waals surface area contributed by atoms with Gasteiger partial charge >= 0.3 is 0 Å². The number of fused-ring (bicyclic) bond motifs is 1. The number of hydrogen-bond donors (Lipinski definition) is 2. The van der Waals surface area contributed by atoms with Crippen molar-refractivity contribution in [1.82, 2.24) is 5.32 Å². The molecule has 2 aliphatic rings. The lowest BCUT2D eigenvalue weighted by Crippen LogP contribution is -2.49. The van der Waals surface area contributed by atoms with E-state index in [9.17, 15) is 0 Å². The predicted octanol–water partition coefficient (Wildman–Crippen LogP) is 0.332. The van der Waals surface area contributed by atoms with Crippen LogP contribution >= 0.6 is 0 Å². The minimum Gasteiger partial charge on any atom is -0.327 e. The fraction of sp³-hybridized carbons (Fsp3) is 1.00. The Morgan fingerprint density at radius 2 is 2.40 bits per heavy atom. The van der Waals surface area contributed by atoms with Crippen molar-refractivity contribution in [3.05, 3.63) is 0 Å². The van der Waals surface area contributed by atoms with Crippen LogP contribution in [0.4, 0.5) is 0 Å². The van der Waals surface area contributed by atoms with Gasteiger partial charge in [0.05, 0.1) is 0 Å². The fourth-order valence-corrected chi connectivity index (χ4v) is 2.52. The number of rotatable bonds is 1. The van der Waals surface area contributed by atoms with E-state index in [1.807, 2.05) is 0 Å². The summed E-state index contributed by atoms with van der Waals surface area (Å²) in [5.41, 5.74) is 5.89. The first-order valence-electron chi connectivity index (χ1n) is 4.32. The topological polar surface area (TPSA) is 38.0 Å². The lowest BCUT2D eigenvalue weighted by molar-refractivity contribution is 0.162. The minimum atomic E-state index is 0.505. The molecule has 2 nitrogen and oxygen atoms in total. The average Bonchev–Trinajstić information content (AvgIpc) is 2.25. The molecule has 0 aromatic carbocycles. The first-order chi connectivity index (χ1) is 4.83. The Labute approximate surface area is 62.2 Å². The van der Waals surface area contributed by atoms with E-state index in [0.29, 0.717) is 6.04 Å². The van der Waals surface area contributed by atoms with E-state index in [2.05, 4.69) is 12.2 Å². The monoisotopic (exact) mass is 140 g/mol. The summed E-state index contributed by atoms with van der Waals surface area (Å²) in [5, 5.41) is 3.52. The summed E-state index contributed by atoms with van der Waals surface area (Å²) in [6.45, 7) is 3.46. The lowest BCUT2D eigenvalue weighted by atomic mass is 9.68. The smallest absolute Gasteiger partial charge is 0.0111 e. The van der Waals surface area contributed by atoms with Crippen molar-refractivity contribution in [1.29, 1.82) is 0 Å². The molecular formula is C8H16N2. The average molecular weight is 140 g/mol. The van der Waals surface area contributed by atoms with E-state index in [1.54, 1.807) is 0 Å². The SMILES string of the molecule is CC[C@@H]1NC[C@H]2C[C@@H](N)[C@H]21. The molecule has 0 amide bonds. The molecule has 1 saturated carbocycles. The van der Waals surface area contributed by atoms with Gasteiger partial charge in [-0.05, 0) is 31.2 Å². The van der Waals surface area contributed by atoms with Gasteiger partial charge in [-0.1, -0.05) is 6.92 Å². The quantitative estimate of drug-likeness (QED) is 0.551. The van der Waals surface area contributed by atoms with Gasteiger partial charge in [0.1, 0.15) is 0 Å². The van der Waals surface area contributed by atoms with Crippen LogP contribution in [0.3, 0.4) is 0 Å². The molecule has 0 radical (unpaired) electrons. The van der Waals surface area contributed by atoms with E-state index in [-0.39, 0.29) is 0 Å². The summed E-state index contributed by atoms with van der Waals surface area (Å²) in [4.78, 5) is 0. The molecule has 1 saturated heterocycles. The van der Waals surface area contributed by atoms with Crippen molar-refractivity contribution in [2.24, 2.45) is 17.6 Å². The van der Waals surface area contributed by atoms with Crippen molar-refractivity contribution >= 4 is 0 Å². The molecule has 2 rings (SSSR count). The molecular weight excluding hydrogens is 124 g/mol. The van der Waals surface area contributed by atoms with Crippen LogP contribution in [0.15, 0.2) is 0 Å². The van der Waals surface area contributed by atoms with Crippen LogP contribution in [0.1, 0.15) is 19.8 Å². The lowest BCUT2D eigenvalue weighted by Gasteiger charge is -2.39. The van der Waals surface area contributed by atoms with Gasteiger partial charge in [-0.3, -0.25) is 0 Å². The third-order valence-corrected chi connectivity index (χ3v) is 3.16. The number of nitrogens with one attached hydrogen (secondary N) is 1. The molecule has 1 aliphatic carbocycles. The first kappa shape index (κ1) is 6.62. The van der Waals surface area contributed by atoms with Crippen molar-refractivity contribution in [3.8, 4) is 0 Å². The Kier molecular flexibility index (Phi) is 1.46. The van der Waals surface area contributed by atoms with Gasteiger partial charge in [-0.2, -0.15) is 0 Å². The zero-order valence-electron chi connectivity index (χ0n) is 6.51. The number of hydrogen-bond acceptors (Lipinski definition) is 2. The maximum atomic E-state index is 5.89. The van der Waals surface area contributed by atoms with E-state index in [4.69, 9.17) is 5.73 Å². The highest BCUT2D eigenvalue weighted by molar-refractivity contribution is 5.03. The normalized spacial score (nSPS) is 52.2.